The summed E-state index contributed by atoms with van der Waals surface area (Å²) >= 11 is 0. The predicted molar refractivity (Wildman–Crippen MR) is 108 cm³/mol. The molecule has 0 aromatic heterocycles. The first-order valence-corrected chi connectivity index (χ1v) is 9.26. The average molecular weight is 408 g/mol. The van der Waals surface area contributed by atoms with Crippen molar-refractivity contribution >= 4 is 11.9 Å². The fraction of sp³-hybridized carbons (Fsp3) is 0.125. The highest BCUT2D eigenvalue weighted by Crippen LogP contribution is 2.40. The lowest BCUT2D eigenvalue weighted by molar-refractivity contribution is 0.101. The number of allylic oxidation sites excluding steroid dienone is 1. The van der Waals surface area contributed by atoms with Crippen molar-refractivity contribution in [1.29, 1.82) is 0 Å². The largest absolute Gasteiger partial charge is 0.496 e. The van der Waals surface area contributed by atoms with E-state index in [0.717, 1.165) is 0 Å². The van der Waals surface area contributed by atoms with E-state index >= 15 is 0 Å². The van der Waals surface area contributed by atoms with Crippen molar-refractivity contribution in [3.05, 3.63) is 94.2 Å². The van der Waals surface area contributed by atoms with Crippen LogP contribution in [0.1, 0.15) is 27.0 Å². The number of hydrogen-bond donors (Lipinski definition) is 0. The monoisotopic (exact) mass is 408 g/mol. The molecule has 1 aliphatic rings. The van der Waals surface area contributed by atoms with Crippen LogP contribution in [0.4, 0.5) is 8.78 Å². The van der Waals surface area contributed by atoms with Crippen LogP contribution in [-0.4, -0.2) is 12.9 Å². The molecular weight excluding hydrogens is 390 g/mol. The van der Waals surface area contributed by atoms with Crippen LogP contribution in [0.25, 0.3) is 6.08 Å². The number of carbonyl (C=O) groups is 1. The van der Waals surface area contributed by atoms with Gasteiger partial charge in [0.25, 0.3) is 0 Å². The minimum Gasteiger partial charge on any atom is -0.496 e. The Hall–Kier alpha value is -3.67. The van der Waals surface area contributed by atoms with Gasteiger partial charge in [0.2, 0.25) is 5.78 Å². The minimum absolute atomic E-state index is 0.161. The molecule has 1 heterocycles. The molecule has 0 saturated heterocycles. The highest BCUT2D eigenvalue weighted by Gasteiger charge is 2.30. The van der Waals surface area contributed by atoms with Gasteiger partial charge in [-0.25, -0.2) is 8.78 Å². The van der Waals surface area contributed by atoms with Gasteiger partial charge in [0.15, 0.2) is 5.76 Å². The summed E-state index contributed by atoms with van der Waals surface area (Å²) in [5.41, 5.74) is 1.52. The number of fused-ring (bicyclic) bond motifs is 1. The van der Waals surface area contributed by atoms with Gasteiger partial charge in [-0.3, -0.25) is 4.79 Å². The Morgan fingerprint density at radius 1 is 0.967 bits per heavy atom. The van der Waals surface area contributed by atoms with E-state index in [4.69, 9.17) is 14.2 Å². The Morgan fingerprint density at radius 2 is 1.70 bits per heavy atom. The van der Waals surface area contributed by atoms with Crippen LogP contribution in [0.15, 0.2) is 60.4 Å². The molecule has 0 unspecified atom stereocenters. The number of benzene rings is 3. The third-order valence-corrected chi connectivity index (χ3v) is 4.90. The molecule has 0 bridgehead atoms. The Kier molecular flexibility index (Phi) is 5.23. The van der Waals surface area contributed by atoms with E-state index < -0.39 is 11.6 Å². The zero-order valence-electron chi connectivity index (χ0n) is 16.4. The molecule has 6 heteroatoms. The molecule has 0 atom stereocenters. The van der Waals surface area contributed by atoms with Crippen molar-refractivity contribution in [3.8, 4) is 17.2 Å². The third kappa shape index (κ3) is 3.52. The predicted octanol–water partition coefficient (Wildman–Crippen LogP) is 5.48. The van der Waals surface area contributed by atoms with Gasteiger partial charge < -0.3 is 14.2 Å². The van der Waals surface area contributed by atoms with E-state index in [1.165, 1.54) is 18.2 Å². The Morgan fingerprint density at radius 3 is 2.43 bits per heavy atom. The molecule has 0 amide bonds. The average Bonchev–Trinajstić information content (AvgIpc) is 3.06. The van der Waals surface area contributed by atoms with Gasteiger partial charge in [-0.1, -0.05) is 24.3 Å². The standard InChI is InChI=1S/C24H18F2O4/c1-14-20(29-13-17-18(25)7-5-8-19(17)26)11-10-16-23(27)22(30-24(14)16)12-15-6-3-4-9-21(15)28-2/h3-12H,13H2,1-2H3/b22-12-. The highest BCUT2D eigenvalue weighted by molar-refractivity contribution is 6.15. The maximum atomic E-state index is 13.8. The van der Waals surface area contributed by atoms with Crippen molar-refractivity contribution in [2.45, 2.75) is 13.5 Å². The molecule has 0 aliphatic carbocycles. The summed E-state index contributed by atoms with van der Waals surface area (Å²) in [6.07, 6.45) is 1.62. The molecule has 0 fully saturated rings. The van der Waals surface area contributed by atoms with Crippen LogP contribution in [0.3, 0.4) is 0 Å². The maximum absolute atomic E-state index is 13.8. The molecule has 0 radical (unpaired) electrons. The summed E-state index contributed by atoms with van der Waals surface area (Å²) in [4.78, 5) is 12.8. The second-order valence-corrected chi connectivity index (χ2v) is 6.74. The summed E-state index contributed by atoms with van der Waals surface area (Å²) in [5.74, 6) is -0.0921. The summed E-state index contributed by atoms with van der Waals surface area (Å²) < 4.78 is 44.4. The number of Topliss-reactive ketones (excluding diaryl/α,β-unsaturated/α-hetero) is 1. The van der Waals surface area contributed by atoms with Gasteiger partial charge in [-0.15, -0.1) is 0 Å². The zero-order valence-corrected chi connectivity index (χ0v) is 16.4. The van der Waals surface area contributed by atoms with Gasteiger partial charge >= 0.3 is 0 Å². The van der Waals surface area contributed by atoms with Crippen LogP contribution in [0, 0.1) is 18.6 Å². The fourth-order valence-corrected chi connectivity index (χ4v) is 3.27. The van der Waals surface area contributed by atoms with E-state index in [9.17, 15) is 13.6 Å². The number of ether oxygens (including phenoxy) is 3. The maximum Gasteiger partial charge on any atom is 0.231 e. The summed E-state index contributed by atoms with van der Waals surface area (Å²) in [6, 6.07) is 14.1. The number of para-hydroxylation sites is 1. The van der Waals surface area contributed by atoms with Crippen LogP contribution in [0.5, 0.6) is 17.2 Å². The second-order valence-electron chi connectivity index (χ2n) is 6.74. The summed E-state index contributed by atoms with van der Waals surface area (Å²) in [6.45, 7) is 1.45. The molecule has 30 heavy (non-hydrogen) atoms. The normalized spacial score (nSPS) is 13.9. The van der Waals surface area contributed by atoms with Crippen molar-refractivity contribution in [3.63, 3.8) is 0 Å². The lowest BCUT2D eigenvalue weighted by atomic mass is 10.1. The quantitative estimate of drug-likeness (QED) is 0.525. The van der Waals surface area contributed by atoms with E-state index in [2.05, 4.69) is 0 Å². The number of methoxy groups -OCH3 is 1. The molecule has 3 aromatic carbocycles. The topological polar surface area (TPSA) is 44.8 Å². The van der Waals surface area contributed by atoms with Gasteiger partial charge in [0.1, 0.15) is 35.5 Å². The van der Waals surface area contributed by atoms with E-state index in [1.54, 1.807) is 38.3 Å². The molecule has 0 spiro atoms. The van der Waals surface area contributed by atoms with E-state index in [0.29, 0.717) is 33.9 Å². The van der Waals surface area contributed by atoms with Crippen molar-refractivity contribution in [2.24, 2.45) is 0 Å². The number of carbonyl (C=O) groups excluding carboxylic acids is 1. The molecule has 4 nitrogen and oxygen atoms in total. The third-order valence-electron chi connectivity index (χ3n) is 4.90. The first kappa shape index (κ1) is 19.6. The summed E-state index contributed by atoms with van der Waals surface area (Å²) in [7, 11) is 1.55. The highest BCUT2D eigenvalue weighted by atomic mass is 19.1. The SMILES string of the molecule is COc1ccccc1/C=C1\Oc2c(ccc(OCc3c(F)cccc3F)c2C)C1=O. The first-order chi connectivity index (χ1) is 14.5. The minimum atomic E-state index is -0.678. The number of hydrogen-bond acceptors (Lipinski definition) is 4. The molecule has 3 aromatic rings. The molecule has 0 N–H and O–H groups in total. The number of ketones is 1. The molecule has 4 rings (SSSR count). The van der Waals surface area contributed by atoms with Crippen molar-refractivity contribution in [2.75, 3.05) is 7.11 Å². The zero-order chi connectivity index (χ0) is 21.3. The van der Waals surface area contributed by atoms with Crippen molar-refractivity contribution < 1.29 is 27.8 Å². The number of halogens is 2. The smallest absolute Gasteiger partial charge is 0.231 e. The summed E-state index contributed by atoms with van der Waals surface area (Å²) in [5, 5.41) is 0. The molecule has 0 saturated carbocycles. The van der Waals surface area contributed by atoms with Gasteiger partial charge in [0, 0.05) is 11.1 Å². The second kappa shape index (κ2) is 7.99. The van der Waals surface area contributed by atoms with Crippen LogP contribution in [0.2, 0.25) is 0 Å². The molecule has 152 valence electrons. The lowest BCUT2D eigenvalue weighted by Crippen LogP contribution is -2.03. The Labute approximate surface area is 172 Å². The van der Waals surface area contributed by atoms with E-state index in [1.807, 2.05) is 18.2 Å². The van der Waals surface area contributed by atoms with Crippen molar-refractivity contribution in [1.82, 2.24) is 0 Å². The van der Waals surface area contributed by atoms with Gasteiger partial charge in [-0.05, 0) is 43.3 Å². The lowest BCUT2D eigenvalue weighted by Gasteiger charge is -2.12. The van der Waals surface area contributed by atoms with Gasteiger partial charge in [-0.2, -0.15) is 0 Å². The van der Waals surface area contributed by atoms with Gasteiger partial charge in [0.05, 0.1) is 18.2 Å². The fourth-order valence-electron chi connectivity index (χ4n) is 3.27. The van der Waals surface area contributed by atoms with Crippen LogP contribution < -0.4 is 14.2 Å². The number of rotatable bonds is 5. The van der Waals surface area contributed by atoms with Crippen LogP contribution in [-0.2, 0) is 6.61 Å². The van der Waals surface area contributed by atoms with Crippen LogP contribution >= 0.6 is 0 Å². The molecular formula is C24H18F2O4. The Bertz CT molecular complexity index is 1150. The Balaban J connectivity index is 1.61. The van der Waals surface area contributed by atoms with E-state index in [-0.39, 0.29) is 23.7 Å². The molecule has 1 aliphatic heterocycles. The first-order valence-electron chi connectivity index (χ1n) is 9.26.